The van der Waals surface area contributed by atoms with Crippen LogP contribution >= 0.6 is 0 Å². The molecular formula is C36H37N3O3. The molecule has 2 aliphatic heterocycles. The maximum Gasteiger partial charge on any atom is 0.419 e. The lowest BCUT2D eigenvalue weighted by atomic mass is 9.68. The molecule has 6 nitrogen and oxygen atoms in total. The molecule has 0 saturated carbocycles. The van der Waals surface area contributed by atoms with Crippen molar-refractivity contribution in [1.29, 1.82) is 0 Å². The number of benzene rings is 4. The van der Waals surface area contributed by atoms with E-state index >= 15 is 0 Å². The largest absolute Gasteiger partial charge is 0.446 e. The van der Waals surface area contributed by atoms with Crippen LogP contribution in [-0.2, 0) is 15.7 Å². The van der Waals surface area contributed by atoms with Gasteiger partial charge in [-0.2, -0.15) is 0 Å². The zero-order valence-corrected chi connectivity index (χ0v) is 23.8. The van der Waals surface area contributed by atoms with Gasteiger partial charge in [-0.15, -0.1) is 0 Å². The first-order valence-corrected chi connectivity index (χ1v) is 14.8. The number of carbonyl (C=O) groups excluding carboxylic acids is 2. The van der Waals surface area contributed by atoms with Crippen LogP contribution in [0.4, 0.5) is 9.59 Å². The van der Waals surface area contributed by atoms with Crippen LogP contribution in [0.15, 0.2) is 121 Å². The molecule has 0 bridgehead atoms. The molecule has 2 aliphatic rings. The fraction of sp³-hybridized carbons (Fsp3) is 0.278. The quantitative estimate of drug-likeness (QED) is 0.248. The average Bonchev–Trinajstić information content (AvgIpc) is 3.43. The zero-order valence-electron chi connectivity index (χ0n) is 23.8. The van der Waals surface area contributed by atoms with Gasteiger partial charge in [0.05, 0.1) is 0 Å². The Morgan fingerprint density at radius 2 is 1.14 bits per heavy atom. The molecule has 0 atom stereocenters. The van der Waals surface area contributed by atoms with Gasteiger partial charge in [0, 0.05) is 12.0 Å². The Morgan fingerprint density at radius 3 is 1.62 bits per heavy atom. The lowest BCUT2D eigenvalue weighted by molar-refractivity contribution is 0.155. The molecule has 0 aromatic heterocycles. The molecule has 4 aromatic carbocycles. The number of hydrogen-bond acceptors (Lipinski definition) is 4. The van der Waals surface area contributed by atoms with Gasteiger partial charge in [-0.3, -0.25) is 0 Å². The third-order valence-electron chi connectivity index (χ3n) is 8.96. The number of amides is 3. The highest BCUT2D eigenvalue weighted by Crippen LogP contribution is 2.42. The molecular weight excluding hydrogens is 522 g/mol. The normalized spacial score (nSPS) is 17.9. The summed E-state index contributed by atoms with van der Waals surface area (Å²) >= 11 is 0. The maximum absolute atomic E-state index is 13.6. The van der Waals surface area contributed by atoms with Crippen molar-refractivity contribution in [2.24, 2.45) is 0 Å². The van der Waals surface area contributed by atoms with Crippen molar-refractivity contribution >= 4 is 12.1 Å². The molecule has 2 saturated heterocycles. The van der Waals surface area contributed by atoms with Gasteiger partial charge in [-0.05, 0) is 61.2 Å². The highest BCUT2D eigenvalue weighted by Gasteiger charge is 2.53. The smallest absolute Gasteiger partial charge is 0.419 e. The predicted molar refractivity (Wildman–Crippen MR) is 164 cm³/mol. The van der Waals surface area contributed by atoms with Gasteiger partial charge in [0.1, 0.15) is 12.1 Å². The van der Waals surface area contributed by atoms with Crippen LogP contribution in [-0.4, -0.2) is 54.7 Å². The fourth-order valence-corrected chi connectivity index (χ4v) is 6.72. The Morgan fingerprint density at radius 1 is 0.690 bits per heavy atom. The Balaban J connectivity index is 1.10. The number of nitrogens with zero attached hydrogens (tertiary/aromatic N) is 2. The molecule has 0 spiro atoms. The average molecular weight is 560 g/mol. The Hall–Kier alpha value is -4.42. The summed E-state index contributed by atoms with van der Waals surface area (Å²) in [4.78, 5) is 30.3. The first-order valence-electron chi connectivity index (χ1n) is 14.8. The van der Waals surface area contributed by atoms with E-state index in [0.29, 0.717) is 6.54 Å². The van der Waals surface area contributed by atoms with Gasteiger partial charge in [0.15, 0.2) is 0 Å². The Bertz CT molecular complexity index is 1390. The van der Waals surface area contributed by atoms with Crippen molar-refractivity contribution in [2.75, 3.05) is 32.8 Å². The molecule has 0 unspecified atom stereocenters. The molecule has 2 fully saturated rings. The molecule has 6 rings (SSSR count). The third-order valence-corrected chi connectivity index (χ3v) is 8.96. The number of piperidine rings is 1. The maximum atomic E-state index is 13.6. The highest BCUT2D eigenvalue weighted by molar-refractivity contribution is 5.94. The number of hydrogen-bond donors (Lipinski definition) is 1. The summed E-state index contributed by atoms with van der Waals surface area (Å²) < 4.78 is 5.52. The van der Waals surface area contributed by atoms with E-state index in [9.17, 15) is 9.59 Å². The van der Waals surface area contributed by atoms with Gasteiger partial charge in [0.25, 0.3) is 0 Å². The van der Waals surface area contributed by atoms with Gasteiger partial charge >= 0.3 is 12.1 Å². The number of imide groups is 1. The van der Waals surface area contributed by atoms with Crippen molar-refractivity contribution in [3.8, 4) is 0 Å². The molecule has 3 amide bonds. The molecule has 42 heavy (non-hydrogen) atoms. The van der Waals surface area contributed by atoms with E-state index in [4.69, 9.17) is 4.74 Å². The zero-order chi connectivity index (χ0) is 28.8. The number of nitrogens with one attached hydrogen (secondary N) is 1. The van der Waals surface area contributed by atoms with E-state index in [1.54, 1.807) is 0 Å². The fourth-order valence-electron chi connectivity index (χ4n) is 6.72. The van der Waals surface area contributed by atoms with E-state index in [2.05, 4.69) is 70.9 Å². The molecule has 6 heteroatoms. The summed E-state index contributed by atoms with van der Waals surface area (Å²) in [6, 6.07) is 40.6. The van der Waals surface area contributed by atoms with Crippen molar-refractivity contribution in [2.45, 2.75) is 30.2 Å². The summed E-state index contributed by atoms with van der Waals surface area (Å²) in [6.45, 7) is 3.41. The molecule has 1 N–H and O–H groups in total. The standard InChI is InChI=1S/C36H37N3O3/c40-33(39-34(41)42-28-36(39,31-18-9-3-10-19-31)32-20-11-4-12-21-32)37-24-13-25-38-26-22-35(23-27-38,29-14-5-1-6-15-29)30-16-7-2-8-17-30/h1-12,14-21H,13,22-28H2,(H,37,40). The van der Waals surface area contributed by atoms with Gasteiger partial charge in [-0.25, -0.2) is 14.5 Å². The molecule has 4 aromatic rings. The van der Waals surface area contributed by atoms with E-state index in [1.807, 2.05) is 60.7 Å². The van der Waals surface area contributed by atoms with Gasteiger partial charge in [-0.1, -0.05) is 121 Å². The monoisotopic (exact) mass is 559 g/mol. The van der Waals surface area contributed by atoms with Crippen LogP contribution in [0, 0.1) is 0 Å². The summed E-state index contributed by atoms with van der Waals surface area (Å²) in [6.07, 6.45) is 2.25. The second kappa shape index (κ2) is 12.2. The number of cyclic esters (lactones) is 1. The van der Waals surface area contributed by atoms with Crippen LogP contribution < -0.4 is 5.32 Å². The van der Waals surface area contributed by atoms with Gasteiger partial charge in [0.2, 0.25) is 0 Å². The van der Waals surface area contributed by atoms with Crippen molar-refractivity contribution in [3.05, 3.63) is 144 Å². The number of carbonyl (C=O) groups is 2. The minimum Gasteiger partial charge on any atom is -0.446 e. The molecule has 0 aliphatic carbocycles. The summed E-state index contributed by atoms with van der Waals surface area (Å²) in [5.74, 6) is 0. The van der Waals surface area contributed by atoms with Crippen LogP contribution in [0.25, 0.3) is 0 Å². The molecule has 2 heterocycles. The number of rotatable bonds is 8. The summed E-state index contributed by atoms with van der Waals surface area (Å²) in [7, 11) is 0. The first-order chi connectivity index (χ1) is 20.6. The van der Waals surface area contributed by atoms with Gasteiger partial charge < -0.3 is 15.0 Å². The van der Waals surface area contributed by atoms with E-state index < -0.39 is 17.7 Å². The number of urea groups is 1. The minimum atomic E-state index is -1.02. The topological polar surface area (TPSA) is 61.9 Å². The summed E-state index contributed by atoms with van der Waals surface area (Å²) in [5.41, 5.74) is 3.43. The van der Waals surface area contributed by atoms with Crippen molar-refractivity contribution in [3.63, 3.8) is 0 Å². The molecule has 0 radical (unpaired) electrons. The third kappa shape index (κ3) is 5.19. The SMILES string of the molecule is O=C(NCCCN1CCC(c2ccccc2)(c2ccccc2)CC1)N1C(=O)OCC1(c1ccccc1)c1ccccc1. The summed E-state index contributed by atoms with van der Waals surface area (Å²) in [5, 5.41) is 3.02. The molecule has 214 valence electrons. The Labute approximate surface area is 247 Å². The first kappa shape index (κ1) is 27.7. The lowest BCUT2D eigenvalue weighted by Crippen LogP contribution is -2.53. The second-order valence-electron chi connectivity index (χ2n) is 11.2. The van der Waals surface area contributed by atoms with Crippen LogP contribution in [0.3, 0.4) is 0 Å². The number of ether oxygens (including phenoxy) is 1. The van der Waals surface area contributed by atoms with E-state index in [0.717, 1.165) is 50.0 Å². The minimum absolute atomic E-state index is 0.0154. The van der Waals surface area contributed by atoms with Crippen molar-refractivity contribution in [1.82, 2.24) is 15.1 Å². The predicted octanol–water partition coefficient (Wildman–Crippen LogP) is 6.56. The highest BCUT2D eigenvalue weighted by atomic mass is 16.6. The van der Waals surface area contributed by atoms with Crippen molar-refractivity contribution < 1.29 is 14.3 Å². The van der Waals surface area contributed by atoms with E-state index in [-0.39, 0.29) is 12.0 Å². The van der Waals surface area contributed by atoms with E-state index in [1.165, 1.54) is 16.0 Å². The Kier molecular flexibility index (Phi) is 8.06. The second-order valence-corrected chi connectivity index (χ2v) is 11.2. The number of likely N-dealkylation sites (tertiary alicyclic amines) is 1. The van der Waals surface area contributed by atoms with Crippen LogP contribution in [0.1, 0.15) is 41.5 Å². The lowest BCUT2D eigenvalue weighted by Gasteiger charge is -2.43. The van der Waals surface area contributed by atoms with Crippen LogP contribution in [0.2, 0.25) is 0 Å². The van der Waals surface area contributed by atoms with Crippen LogP contribution in [0.5, 0.6) is 0 Å².